The maximum atomic E-state index is 12.6. The van der Waals surface area contributed by atoms with Crippen molar-refractivity contribution >= 4 is 40.1 Å². The number of nitrogens with zero attached hydrogens (tertiary/aromatic N) is 3. The lowest BCUT2D eigenvalue weighted by molar-refractivity contribution is -0.149. The van der Waals surface area contributed by atoms with Gasteiger partial charge in [0.2, 0.25) is 5.91 Å². The van der Waals surface area contributed by atoms with E-state index in [-0.39, 0.29) is 30.4 Å². The smallest absolute Gasteiger partial charge is 0.357 e. The van der Waals surface area contributed by atoms with Crippen LogP contribution in [-0.4, -0.2) is 38.6 Å². The molecule has 3 N–H and O–H groups in total. The topological polar surface area (TPSA) is 131 Å². The quantitative estimate of drug-likeness (QED) is 0.400. The highest BCUT2D eigenvalue weighted by molar-refractivity contribution is 6.00. The van der Waals surface area contributed by atoms with E-state index in [0.717, 1.165) is 16.5 Å². The average molecular weight is 484 g/mol. The van der Waals surface area contributed by atoms with Gasteiger partial charge in [0, 0.05) is 43.1 Å². The number of nitrogens with one attached hydrogen (secondary N) is 1. The summed E-state index contributed by atoms with van der Waals surface area (Å²) in [5.74, 6) is -1.31. The van der Waals surface area contributed by atoms with E-state index in [2.05, 4.69) is 15.2 Å². The molecule has 0 radical (unpaired) electrons. The highest BCUT2D eigenvalue weighted by Gasteiger charge is 2.54. The standard InChI is InChI=1S/C27H25N5O4/c1-16-6-5-9-22(29-16)25(34)36-27(26(28)35)14-20(15-27)23-13-24(31-30-23)32(17(2)33)21-11-10-18-7-3-4-8-19(18)12-21/h3-13,20H,14-15H2,1-2H3,(H2,28,35)(H,30,31). The van der Waals surface area contributed by atoms with Gasteiger partial charge in [-0.25, -0.2) is 9.78 Å². The van der Waals surface area contributed by atoms with Crippen LogP contribution < -0.4 is 10.6 Å². The lowest BCUT2D eigenvalue weighted by atomic mass is 9.68. The molecule has 2 heterocycles. The van der Waals surface area contributed by atoms with Crippen molar-refractivity contribution in [2.45, 2.75) is 38.2 Å². The molecule has 1 fully saturated rings. The average Bonchev–Trinajstić information content (AvgIpc) is 3.29. The number of aromatic amines is 1. The van der Waals surface area contributed by atoms with E-state index >= 15 is 0 Å². The summed E-state index contributed by atoms with van der Waals surface area (Å²) in [4.78, 5) is 43.1. The number of hydrogen-bond donors (Lipinski definition) is 2. The molecule has 0 atom stereocenters. The van der Waals surface area contributed by atoms with E-state index in [1.165, 1.54) is 17.9 Å². The molecule has 0 unspecified atom stereocenters. The Labute approximate surface area is 207 Å². The molecule has 2 aromatic carbocycles. The summed E-state index contributed by atoms with van der Waals surface area (Å²) in [6.07, 6.45) is 0.412. The number of anilines is 2. The number of carbonyl (C=O) groups excluding carboxylic acids is 3. The number of aryl methyl sites for hydroxylation is 1. The summed E-state index contributed by atoms with van der Waals surface area (Å²) in [6.45, 7) is 3.24. The molecule has 36 heavy (non-hydrogen) atoms. The van der Waals surface area contributed by atoms with E-state index in [4.69, 9.17) is 10.5 Å². The van der Waals surface area contributed by atoms with Crippen molar-refractivity contribution < 1.29 is 19.1 Å². The number of benzene rings is 2. The Bertz CT molecular complexity index is 1490. The lowest BCUT2D eigenvalue weighted by Crippen LogP contribution is -2.56. The van der Waals surface area contributed by atoms with Gasteiger partial charge in [0.15, 0.2) is 11.4 Å². The number of primary amides is 1. The van der Waals surface area contributed by atoms with Crippen LogP contribution in [0.25, 0.3) is 10.8 Å². The molecular weight excluding hydrogens is 458 g/mol. The molecule has 9 heteroatoms. The third kappa shape index (κ3) is 4.19. The zero-order valence-corrected chi connectivity index (χ0v) is 19.9. The second-order valence-electron chi connectivity index (χ2n) is 9.08. The molecule has 4 aromatic rings. The van der Waals surface area contributed by atoms with E-state index in [0.29, 0.717) is 17.2 Å². The number of carbonyl (C=O) groups is 3. The fourth-order valence-electron chi connectivity index (χ4n) is 4.62. The number of pyridine rings is 1. The van der Waals surface area contributed by atoms with Gasteiger partial charge >= 0.3 is 5.97 Å². The summed E-state index contributed by atoms with van der Waals surface area (Å²) in [7, 11) is 0. The van der Waals surface area contributed by atoms with Crippen LogP contribution >= 0.6 is 0 Å². The van der Waals surface area contributed by atoms with Gasteiger partial charge in [-0.15, -0.1) is 0 Å². The number of rotatable bonds is 6. The van der Waals surface area contributed by atoms with Gasteiger partial charge in [0.05, 0.1) is 5.69 Å². The summed E-state index contributed by atoms with van der Waals surface area (Å²) < 4.78 is 5.56. The predicted molar refractivity (Wildman–Crippen MR) is 134 cm³/mol. The largest absolute Gasteiger partial charge is 0.444 e. The third-order valence-corrected chi connectivity index (χ3v) is 6.55. The monoisotopic (exact) mass is 483 g/mol. The van der Waals surface area contributed by atoms with Crippen LogP contribution in [0.2, 0.25) is 0 Å². The lowest BCUT2D eigenvalue weighted by Gasteiger charge is -2.43. The Kier molecular flexibility index (Phi) is 5.75. The molecule has 0 aliphatic heterocycles. The maximum absolute atomic E-state index is 12.6. The fourth-order valence-corrected chi connectivity index (χ4v) is 4.62. The summed E-state index contributed by atoms with van der Waals surface area (Å²) >= 11 is 0. The highest BCUT2D eigenvalue weighted by atomic mass is 16.6. The molecule has 0 saturated heterocycles. The van der Waals surface area contributed by atoms with Gasteiger partial charge in [-0.3, -0.25) is 19.6 Å². The van der Waals surface area contributed by atoms with Crippen molar-refractivity contribution in [1.82, 2.24) is 15.2 Å². The Balaban J connectivity index is 1.35. The van der Waals surface area contributed by atoms with Crippen molar-refractivity contribution in [3.63, 3.8) is 0 Å². The molecule has 5 rings (SSSR count). The molecule has 0 spiro atoms. The molecule has 1 saturated carbocycles. The van der Waals surface area contributed by atoms with E-state index in [1.807, 2.05) is 42.5 Å². The minimum Gasteiger partial charge on any atom is -0.444 e. The molecule has 182 valence electrons. The number of aromatic nitrogens is 3. The Morgan fingerprint density at radius 3 is 2.47 bits per heavy atom. The third-order valence-electron chi connectivity index (χ3n) is 6.55. The van der Waals surface area contributed by atoms with Crippen molar-refractivity contribution in [2.75, 3.05) is 4.90 Å². The Morgan fingerprint density at radius 2 is 1.78 bits per heavy atom. The Morgan fingerprint density at radius 1 is 1.03 bits per heavy atom. The molecule has 2 aromatic heterocycles. The van der Waals surface area contributed by atoms with E-state index in [9.17, 15) is 14.4 Å². The number of esters is 1. The van der Waals surface area contributed by atoms with Gasteiger partial charge in [-0.05, 0) is 42.0 Å². The van der Waals surface area contributed by atoms with Crippen molar-refractivity contribution in [2.24, 2.45) is 5.73 Å². The van der Waals surface area contributed by atoms with Crippen molar-refractivity contribution in [3.05, 3.63) is 83.8 Å². The van der Waals surface area contributed by atoms with Gasteiger partial charge in [0.1, 0.15) is 5.69 Å². The van der Waals surface area contributed by atoms with Gasteiger partial charge < -0.3 is 10.5 Å². The second-order valence-corrected chi connectivity index (χ2v) is 9.08. The first-order valence-electron chi connectivity index (χ1n) is 11.6. The van der Waals surface area contributed by atoms with Crippen LogP contribution in [0.1, 0.15) is 47.6 Å². The van der Waals surface area contributed by atoms with Crippen molar-refractivity contribution in [3.8, 4) is 0 Å². The first-order valence-corrected chi connectivity index (χ1v) is 11.6. The molecule has 2 amide bonds. The first kappa shape index (κ1) is 23.2. The number of fused-ring (bicyclic) bond motifs is 1. The van der Waals surface area contributed by atoms with Crippen LogP contribution in [0.15, 0.2) is 66.7 Å². The molecule has 1 aliphatic rings. The number of amides is 2. The fraction of sp³-hybridized carbons (Fsp3) is 0.222. The highest BCUT2D eigenvalue weighted by Crippen LogP contribution is 2.47. The molecular formula is C27H25N5O4. The Hall–Kier alpha value is -4.53. The SMILES string of the molecule is CC(=O)N(c1ccc2ccccc2c1)c1cc(C2CC(OC(=O)c3cccc(C)n3)(C(N)=O)C2)[nH]n1. The van der Waals surface area contributed by atoms with Crippen LogP contribution in [0.3, 0.4) is 0 Å². The van der Waals surface area contributed by atoms with Gasteiger partial charge in [-0.1, -0.05) is 36.4 Å². The number of H-pyrrole nitrogens is 1. The van der Waals surface area contributed by atoms with E-state index in [1.54, 1.807) is 25.1 Å². The summed E-state index contributed by atoms with van der Waals surface area (Å²) in [6, 6.07) is 20.4. The molecule has 1 aliphatic carbocycles. The zero-order valence-electron chi connectivity index (χ0n) is 19.9. The van der Waals surface area contributed by atoms with Gasteiger partial charge in [-0.2, -0.15) is 5.10 Å². The predicted octanol–water partition coefficient (Wildman–Crippen LogP) is 3.91. The normalized spacial score (nSPS) is 18.9. The van der Waals surface area contributed by atoms with Gasteiger partial charge in [0.25, 0.3) is 5.91 Å². The summed E-state index contributed by atoms with van der Waals surface area (Å²) in [5, 5.41) is 9.40. The number of ether oxygens (including phenoxy) is 1. The zero-order chi connectivity index (χ0) is 25.4. The van der Waals surface area contributed by atoms with Crippen LogP contribution in [-0.2, 0) is 14.3 Å². The first-order chi connectivity index (χ1) is 17.3. The van der Waals surface area contributed by atoms with Crippen LogP contribution in [0, 0.1) is 6.92 Å². The minimum absolute atomic E-state index is 0.121. The van der Waals surface area contributed by atoms with Crippen LogP contribution in [0.4, 0.5) is 11.5 Å². The van der Waals surface area contributed by atoms with E-state index < -0.39 is 17.5 Å². The van der Waals surface area contributed by atoms with Crippen molar-refractivity contribution in [1.29, 1.82) is 0 Å². The maximum Gasteiger partial charge on any atom is 0.357 e. The second kappa shape index (κ2) is 8.92. The molecule has 9 nitrogen and oxygen atoms in total. The minimum atomic E-state index is -1.42. The number of hydrogen-bond acceptors (Lipinski definition) is 6. The molecule has 0 bridgehead atoms. The van der Waals surface area contributed by atoms with Crippen LogP contribution in [0.5, 0.6) is 0 Å². The summed E-state index contributed by atoms with van der Waals surface area (Å²) in [5.41, 5.74) is 6.41. The number of nitrogens with two attached hydrogens (primary N) is 1.